The second-order valence-electron chi connectivity index (χ2n) is 6.19. The van der Waals surface area contributed by atoms with Gasteiger partial charge in [0.15, 0.2) is 6.17 Å². The van der Waals surface area contributed by atoms with Crippen molar-refractivity contribution in [1.29, 1.82) is 0 Å². The summed E-state index contributed by atoms with van der Waals surface area (Å²) < 4.78 is 31.1. The molecule has 1 atom stereocenters. The number of furan rings is 1. The molecule has 4 rings (SSSR count). The Morgan fingerprint density at radius 1 is 1.04 bits per heavy atom. The Balaban J connectivity index is 1.74. The van der Waals surface area contributed by atoms with Gasteiger partial charge in [-0.15, -0.1) is 4.83 Å². The Labute approximate surface area is 156 Å². The topological polar surface area (TPSA) is 91.7 Å². The highest BCUT2D eigenvalue weighted by Crippen LogP contribution is 2.32. The molecule has 1 aromatic heterocycles. The van der Waals surface area contributed by atoms with Gasteiger partial charge < -0.3 is 9.73 Å². The summed E-state index contributed by atoms with van der Waals surface area (Å²) in [6.45, 7) is 1.87. The maximum atomic E-state index is 13.0. The molecule has 138 valence electrons. The van der Waals surface area contributed by atoms with Crippen LogP contribution in [-0.2, 0) is 10.0 Å². The van der Waals surface area contributed by atoms with E-state index in [0.29, 0.717) is 17.0 Å². The molecule has 0 spiro atoms. The highest BCUT2D eigenvalue weighted by atomic mass is 32.2. The first kappa shape index (κ1) is 17.3. The Morgan fingerprint density at radius 2 is 1.78 bits per heavy atom. The van der Waals surface area contributed by atoms with Crippen LogP contribution < -0.4 is 10.1 Å². The number of nitrogens with zero attached hydrogens (tertiary/aromatic N) is 1. The lowest BCUT2D eigenvalue weighted by molar-refractivity contribution is 0.0609. The van der Waals surface area contributed by atoms with E-state index in [0.717, 1.165) is 10.6 Å². The first-order chi connectivity index (χ1) is 13.0. The van der Waals surface area contributed by atoms with Gasteiger partial charge in [-0.2, -0.15) is 0 Å². The van der Waals surface area contributed by atoms with Crippen molar-refractivity contribution in [3.63, 3.8) is 0 Å². The summed E-state index contributed by atoms with van der Waals surface area (Å²) in [6, 6.07) is 16.6. The Hall–Kier alpha value is -3.10. The molecule has 2 heterocycles. The van der Waals surface area contributed by atoms with Crippen LogP contribution in [0.3, 0.4) is 0 Å². The SMILES string of the molecule is Cc1ccc(S(=O)(=O)NN2C(=O)c3ccccc3N[C@H]2c2ccco2)cc1. The second-order valence-corrected chi connectivity index (χ2v) is 7.85. The number of hydrazine groups is 1. The minimum atomic E-state index is -3.96. The van der Waals surface area contributed by atoms with E-state index in [1.807, 2.05) is 6.92 Å². The first-order valence-electron chi connectivity index (χ1n) is 8.27. The van der Waals surface area contributed by atoms with E-state index in [1.165, 1.54) is 18.4 Å². The Bertz CT molecular complexity index is 1080. The average molecular weight is 383 g/mol. The zero-order chi connectivity index (χ0) is 19.0. The van der Waals surface area contributed by atoms with Gasteiger partial charge in [-0.3, -0.25) is 4.79 Å². The summed E-state index contributed by atoms with van der Waals surface area (Å²) in [5.74, 6) is -0.0640. The summed E-state index contributed by atoms with van der Waals surface area (Å²) in [6.07, 6.45) is 0.650. The molecule has 7 nitrogen and oxygen atoms in total. The number of anilines is 1. The molecule has 0 saturated heterocycles. The standard InChI is InChI=1S/C19H17N3O4S/c1-13-8-10-14(11-9-13)27(24,25)21-22-18(17-7-4-12-26-17)20-16-6-3-2-5-15(16)19(22)23/h2-12,18,20-21H,1H3/t18-/m1/s1. The number of benzene rings is 2. The fourth-order valence-electron chi connectivity index (χ4n) is 2.89. The molecule has 1 amide bonds. The fourth-order valence-corrected chi connectivity index (χ4v) is 3.94. The number of fused-ring (bicyclic) bond motifs is 1. The predicted molar refractivity (Wildman–Crippen MR) is 99.2 cm³/mol. The lowest BCUT2D eigenvalue weighted by Crippen LogP contribution is -2.52. The summed E-state index contributed by atoms with van der Waals surface area (Å²) in [5.41, 5.74) is 1.91. The molecule has 1 aliphatic rings. The summed E-state index contributed by atoms with van der Waals surface area (Å²) >= 11 is 0. The third-order valence-electron chi connectivity index (χ3n) is 4.29. The second kappa shape index (κ2) is 6.57. The minimum Gasteiger partial charge on any atom is -0.465 e. The van der Waals surface area contributed by atoms with Crippen molar-refractivity contribution < 1.29 is 17.6 Å². The Kier molecular flexibility index (Phi) is 4.21. The molecule has 0 fully saturated rings. The van der Waals surface area contributed by atoms with E-state index < -0.39 is 22.1 Å². The maximum absolute atomic E-state index is 13.0. The highest BCUT2D eigenvalue weighted by molar-refractivity contribution is 7.89. The van der Waals surface area contributed by atoms with Crippen molar-refractivity contribution in [2.45, 2.75) is 18.0 Å². The molecule has 0 bridgehead atoms. The fraction of sp³-hybridized carbons (Fsp3) is 0.105. The highest BCUT2D eigenvalue weighted by Gasteiger charge is 2.37. The van der Waals surface area contributed by atoms with Crippen LogP contribution in [0.5, 0.6) is 0 Å². The molecular weight excluding hydrogens is 366 g/mol. The molecule has 1 aliphatic heterocycles. The number of carbonyl (C=O) groups excluding carboxylic acids is 1. The number of sulfonamides is 1. The van der Waals surface area contributed by atoms with Crippen LogP contribution in [0.15, 0.2) is 76.2 Å². The van der Waals surface area contributed by atoms with Gasteiger partial charge in [0.05, 0.1) is 16.7 Å². The number of hydrogen-bond donors (Lipinski definition) is 2. The van der Waals surface area contributed by atoms with Crippen LogP contribution in [0.2, 0.25) is 0 Å². The van der Waals surface area contributed by atoms with Crippen molar-refractivity contribution in [2.75, 3.05) is 5.32 Å². The zero-order valence-electron chi connectivity index (χ0n) is 14.4. The van der Waals surface area contributed by atoms with Gasteiger partial charge in [-0.1, -0.05) is 29.8 Å². The van der Waals surface area contributed by atoms with Gasteiger partial charge in [-0.25, -0.2) is 13.4 Å². The van der Waals surface area contributed by atoms with E-state index in [2.05, 4.69) is 10.1 Å². The molecule has 3 aromatic rings. The van der Waals surface area contributed by atoms with Crippen LogP contribution in [-0.4, -0.2) is 19.3 Å². The third kappa shape index (κ3) is 3.20. The molecular formula is C19H17N3O4S. The maximum Gasteiger partial charge on any atom is 0.273 e. The third-order valence-corrected chi connectivity index (χ3v) is 5.62. The van der Waals surface area contributed by atoms with Crippen molar-refractivity contribution in [1.82, 2.24) is 9.84 Å². The van der Waals surface area contributed by atoms with E-state index in [4.69, 9.17) is 4.42 Å². The van der Waals surface area contributed by atoms with Crippen molar-refractivity contribution in [2.24, 2.45) is 0 Å². The van der Waals surface area contributed by atoms with E-state index in [-0.39, 0.29) is 4.90 Å². The van der Waals surface area contributed by atoms with Crippen molar-refractivity contribution >= 4 is 21.6 Å². The molecule has 0 unspecified atom stereocenters. The minimum absolute atomic E-state index is 0.0675. The predicted octanol–water partition coefficient (Wildman–Crippen LogP) is 3.05. The van der Waals surface area contributed by atoms with E-state index in [9.17, 15) is 13.2 Å². The zero-order valence-corrected chi connectivity index (χ0v) is 15.2. The molecule has 0 saturated carbocycles. The quantitative estimate of drug-likeness (QED) is 0.723. The van der Waals surface area contributed by atoms with Gasteiger partial charge in [0.25, 0.3) is 15.9 Å². The van der Waals surface area contributed by atoms with Crippen LogP contribution in [0.25, 0.3) is 0 Å². The molecule has 2 N–H and O–H groups in total. The smallest absolute Gasteiger partial charge is 0.273 e. The number of nitrogens with one attached hydrogen (secondary N) is 2. The number of amides is 1. The molecule has 27 heavy (non-hydrogen) atoms. The van der Waals surface area contributed by atoms with Crippen molar-refractivity contribution in [3.8, 4) is 0 Å². The largest absolute Gasteiger partial charge is 0.465 e. The van der Waals surface area contributed by atoms with Crippen LogP contribution >= 0.6 is 0 Å². The summed E-state index contributed by atoms with van der Waals surface area (Å²) in [5, 5.41) is 4.19. The van der Waals surface area contributed by atoms with Crippen LogP contribution in [0.1, 0.15) is 27.8 Å². The van der Waals surface area contributed by atoms with Gasteiger partial charge >= 0.3 is 0 Å². The molecule has 2 aromatic carbocycles. The lowest BCUT2D eigenvalue weighted by atomic mass is 10.1. The Morgan fingerprint density at radius 3 is 2.48 bits per heavy atom. The van der Waals surface area contributed by atoms with Crippen LogP contribution in [0.4, 0.5) is 5.69 Å². The summed E-state index contributed by atoms with van der Waals surface area (Å²) in [4.78, 5) is 15.5. The molecule has 8 heteroatoms. The van der Waals surface area contributed by atoms with Crippen LogP contribution in [0, 0.1) is 6.92 Å². The average Bonchev–Trinajstić information content (AvgIpc) is 3.19. The van der Waals surface area contributed by atoms with Gasteiger partial charge in [0.1, 0.15) is 5.76 Å². The number of hydrogen-bond acceptors (Lipinski definition) is 5. The van der Waals surface area contributed by atoms with E-state index in [1.54, 1.807) is 48.5 Å². The first-order valence-corrected chi connectivity index (χ1v) is 9.76. The monoisotopic (exact) mass is 383 g/mol. The van der Waals surface area contributed by atoms with Gasteiger partial charge in [0.2, 0.25) is 0 Å². The number of rotatable bonds is 4. The molecule has 0 radical (unpaired) electrons. The van der Waals surface area contributed by atoms with Gasteiger partial charge in [-0.05, 0) is 43.3 Å². The number of carbonyl (C=O) groups is 1. The molecule has 0 aliphatic carbocycles. The van der Waals surface area contributed by atoms with Gasteiger partial charge in [0, 0.05) is 5.69 Å². The van der Waals surface area contributed by atoms with Crippen molar-refractivity contribution in [3.05, 3.63) is 83.8 Å². The number of para-hydroxylation sites is 1. The normalized spacial score (nSPS) is 16.7. The van der Waals surface area contributed by atoms with E-state index >= 15 is 0 Å². The number of aryl methyl sites for hydroxylation is 1. The lowest BCUT2D eigenvalue weighted by Gasteiger charge is -2.36. The summed E-state index contributed by atoms with van der Waals surface area (Å²) in [7, 11) is -3.96.